The summed E-state index contributed by atoms with van der Waals surface area (Å²) < 4.78 is 18.9. The number of carbonyl (C=O) groups excluding carboxylic acids is 2. The van der Waals surface area contributed by atoms with Gasteiger partial charge in [-0.25, -0.2) is 4.39 Å². The van der Waals surface area contributed by atoms with Crippen LogP contribution in [-0.2, 0) is 11.2 Å². The lowest BCUT2D eigenvalue weighted by Crippen LogP contribution is -2.36. The van der Waals surface area contributed by atoms with Crippen molar-refractivity contribution in [1.82, 2.24) is 5.32 Å². The van der Waals surface area contributed by atoms with Gasteiger partial charge in [-0.1, -0.05) is 12.1 Å². The zero-order valence-corrected chi connectivity index (χ0v) is 16.0. The molecular formula is C22H25FN2O3. The van der Waals surface area contributed by atoms with E-state index in [1.54, 1.807) is 29.2 Å². The van der Waals surface area contributed by atoms with E-state index in [4.69, 9.17) is 4.74 Å². The smallest absolute Gasteiger partial charge is 0.255 e. The van der Waals surface area contributed by atoms with E-state index in [9.17, 15) is 14.0 Å². The normalized spacial score (nSPS) is 13.0. The minimum Gasteiger partial charge on any atom is -0.493 e. The molecule has 28 heavy (non-hydrogen) atoms. The van der Waals surface area contributed by atoms with Gasteiger partial charge >= 0.3 is 0 Å². The third-order valence-electron chi connectivity index (χ3n) is 4.75. The summed E-state index contributed by atoms with van der Waals surface area (Å²) in [5, 5.41) is 2.84. The Kier molecular flexibility index (Phi) is 6.63. The average Bonchev–Trinajstić information content (AvgIpc) is 2.71. The van der Waals surface area contributed by atoms with Crippen molar-refractivity contribution in [3.05, 3.63) is 59.4 Å². The SMILES string of the molecule is CCOc1ccccc1C(=O)NCCCC(=O)N1CCCc2cc(F)ccc21. The quantitative estimate of drug-likeness (QED) is 0.741. The molecular weight excluding hydrogens is 359 g/mol. The first-order valence-corrected chi connectivity index (χ1v) is 9.69. The number of carbonyl (C=O) groups is 2. The number of anilines is 1. The molecule has 0 fully saturated rings. The van der Waals surface area contributed by atoms with Crippen molar-refractivity contribution in [2.45, 2.75) is 32.6 Å². The minimum absolute atomic E-state index is 0.00322. The van der Waals surface area contributed by atoms with Crippen molar-refractivity contribution in [2.75, 3.05) is 24.6 Å². The molecule has 2 aromatic rings. The molecule has 148 valence electrons. The Balaban J connectivity index is 1.51. The lowest BCUT2D eigenvalue weighted by atomic mass is 10.0. The van der Waals surface area contributed by atoms with Crippen LogP contribution in [0.4, 0.5) is 10.1 Å². The van der Waals surface area contributed by atoms with Crippen LogP contribution in [0.3, 0.4) is 0 Å². The molecule has 5 nitrogen and oxygen atoms in total. The van der Waals surface area contributed by atoms with Crippen LogP contribution in [0, 0.1) is 5.82 Å². The number of benzene rings is 2. The fourth-order valence-corrected chi connectivity index (χ4v) is 3.43. The van der Waals surface area contributed by atoms with Crippen molar-refractivity contribution >= 4 is 17.5 Å². The van der Waals surface area contributed by atoms with Crippen LogP contribution in [0.2, 0.25) is 0 Å². The number of hydrogen-bond acceptors (Lipinski definition) is 3. The maximum atomic E-state index is 13.4. The molecule has 1 N–H and O–H groups in total. The summed E-state index contributed by atoms with van der Waals surface area (Å²) >= 11 is 0. The molecule has 0 bridgehead atoms. The number of para-hydroxylation sites is 1. The van der Waals surface area contributed by atoms with E-state index in [1.165, 1.54) is 12.1 Å². The third kappa shape index (κ3) is 4.68. The van der Waals surface area contributed by atoms with Gasteiger partial charge in [0.1, 0.15) is 11.6 Å². The highest BCUT2D eigenvalue weighted by Crippen LogP contribution is 2.28. The van der Waals surface area contributed by atoms with Crippen LogP contribution < -0.4 is 15.0 Å². The lowest BCUT2D eigenvalue weighted by molar-refractivity contribution is -0.118. The van der Waals surface area contributed by atoms with Gasteiger partial charge in [-0.2, -0.15) is 0 Å². The first-order chi connectivity index (χ1) is 13.6. The molecule has 0 saturated carbocycles. The summed E-state index contributed by atoms with van der Waals surface area (Å²) in [6, 6.07) is 11.7. The average molecular weight is 384 g/mol. The van der Waals surface area contributed by atoms with Crippen molar-refractivity contribution in [3.63, 3.8) is 0 Å². The Morgan fingerprint density at radius 2 is 2.04 bits per heavy atom. The molecule has 1 heterocycles. The fraction of sp³-hybridized carbons (Fsp3) is 0.364. The molecule has 0 atom stereocenters. The highest BCUT2D eigenvalue weighted by Gasteiger charge is 2.22. The van der Waals surface area contributed by atoms with Gasteiger partial charge < -0.3 is 15.0 Å². The van der Waals surface area contributed by atoms with Crippen LogP contribution in [0.5, 0.6) is 5.75 Å². The van der Waals surface area contributed by atoms with E-state index < -0.39 is 0 Å². The molecule has 0 spiro atoms. The number of nitrogens with one attached hydrogen (secondary N) is 1. The summed E-state index contributed by atoms with van der Waals surface area (Å²) in [4.78, 5) is 26.7. The number of amides is 2. The molecule has 6 heteroatoms. The van der Waals surface area contributed by atoms with E-state index in [2.05, 4.69) is 5.32 Å². The molecule has 2 amide bonds. The zero-order chi connectivity index (χ0) is 19.9. The Morgan fingerprint density at radius 1 is 1.21 bits per heavy atom. The number of fused-ring (bicyclic) bond motifs is 1. The Hall–Kier alpha value is -2.89. The number of rotatable bonds is 7. The molecule has 0 radical (unpaired) electrons. The molecule has 2 aromatic carbocycles. The molecule has 0 saturated heterocycles. The zero-order valence-electron chi connectivity index (χ0n) is 16.0. The summed E-state index contributed by atoms with van der Waals surface area (Å²) in [5.74, 6) is 0.0608. The Morgan fingerprint density at radius 3 is 2.86 bits per heavy atom. The third-order valence-corrected chi connectivity index (χ3v) is 4.75. The summed E-state index contributed by atoms with van der Waals surface area (Å²) in [7, 11) is 0. The molecule has 0 aliphatic carbocycles. The Bertz CT molecular complexity index is 853. The predicted octanol–water partition coefficient (Wildman–Crippen LogP) is 3.71. The van der Waals surface area contributed by atoms with E-state index in [0.717, 1.165) is 24.1 Å². The van der Waals surface area contributed by atoms with Crippen LogP contribution in [0.15, 0.2) is 42.5 Å². The first kappa shape index (κ1) is 19.9. The van der Waals surface area contributed by atoms with Crippen molar-refractivity contribution in [2.24, 2.45) is 0 Å². The summed E-state index contributed by atoms with van der Waals surface area (Å²) in [6.45, 7) is 3.40. The van der Waals surface area contributed by atoms with Crippen molar-refractivity contribution < 1.29 is 18.7 Å². The molecule has 1 aliphatic rings. The molecule has 1 aliphatic heterocycles. The van der Waals surface area contributed by atoms with Gasteiger partial charge in [-0.15, -0.1) is 0 Å². The van der Waals surface area contributed by atoms with Gasteiger partial charge in [-0.3, -0.25) is 9.59 Å². The standard InChI is InChI=1S/C22H25FN2O3/c1-2-28-20-9-4-3-8-18(20)22(27)24-13-5-10-21(26)25-14-6-7-16-15-17(23)11-12-19(16)25/h3-4,8-9,11-12,15H,2,5-7,10,13-14H2,1H3,(H,24,27). The first-order valence-electron chi connectivity index (χ1n) is 9.69. The van der Waals surface area contributed by atoms with E-state index in [-0.39, 0.29) is 17.6 Å². The maximum absolute atomic E-state index is 13.4. The second-order valence-corrected chi connectivity index (χ2v) is 6.71. The van der Waals surface area contributed by atoms with Crippen LogP contribution in [-0.4, -0.2) is 31.5 Å². The van der Waals surface area contributed by atoms with Crippen molar-refractivity contribution in [1.29, 1.82) is 0 Å². The molecule has 3 rings (SSSR count). The van der Waals surface area contributed by atoms with Crippen LogP contribution in [0.25, 0.3) is 0 Å². The number of ether oxygens (including phenoxy) is 1. The van der Waals surface area contributed by atoms with E-state index >= 15 is 0 Å². The monoisotopic (exact) mass is 384 g/mol. The van der Waals surface area contributed by atoms with Gasteiger partial charge in [0.2, 0.25) is 5.91 Å². The largest absolute Gasteiger partial charge is 0.493 e. The van der Waals surface area contributed by atoms with Gasteiger partial charge in [0.05, 0.1) is 12.2 Å². The van der Waals surface area contributed by atoms with Crippen LogP contribution >= 0.6 is 0 Å². The topological polar surface area (TPSA) is 58.6 Å². The van der Waals surface area contributed by atoms with Gasteiger partial charge in [0.15, 0.2) is 0 Å². The minimum atomic E-state index is -0.275. The number of aryl methyl sites for hydroxylation is 1. The van der Waals surface area contributed by atoms with E-state index in [1.807, 2.05) is 13.0 Å². The molecule has 0 unspecified atom stereocenters. The van der Waals surface area contributed by atoms with E-state index in [0.29, 0.717) is 43.9 Å². The lowest BCUT2D eigenvalue weighted by Gasteiger charge is -2.29. The second kappa shape index (κ2) is 9.35. The molecule has 0 aromatic heterocycles. The van der Waals surface area contributed by atoms with Gasteiger partial charge in [0.25, 0.3) is 5.91 Å². The van der Waals surface area contributed by atoms with Gasteiger partial charge in [0, 0.05) is 25.2 Å². The highest BCUT2D eigenvalue weighted by molar-refractivity contribution is 5.97. The maximum Gasteiger partial charge on any atom is 0.255 e. The number of halogens is 1. The summed E-state index contributed by atoms with van der Waals surface area (Å²) in [5.41, 5.74) is 2.16. The van der Waals surface area contributed by atoms with Gasteiger partial charge in [-0.05, 0) is 62.1 Å². The highest BCUT2D eigenvalue weighted by atomic mass is 19.1. The number of hydrogen-bond donors (Lipinski definition) is 1. The Labute approximate surface area is 164 Å². The fourth-order valence-electron chi connectivity index (χ4n) is 3.43. The van der Waals surface area contributed by atoms with Crippen LogP contribution in [0.1, 0.15) is 42.1 Å². The second-order valence-electron chi connectivity index (χ2n) is 6.71. The number of nitrogens with zero attached hydrogens (tertiary/aromatic N) is 1. The van der Waals surface area contributed by atoms with Crippen molar-refractivity contribution in [3.8, 4) is 5.75 Å². The summed E-state index contributed by atoms with van der Waals surface area (Å²) in [6.07, 6.45) is 2.47. The predicted molar refractivity (Wildman–Crippen MR) is 106 cm³/mol.